The molecule has 0 aromatic heterocycles. The molecule has 0 spiro atoms. The number of likely N-dealkylation sites (tertiary alicyclic amines) is 1. The quantitative estimate of drug-likeness (QED) is 0.840. The Labute approximate surface area is 122 Å². The number of benzene rings is 1. The van der Waals surface area contributed by atoms with Crippen molar-refractivity contribution < 1.29 is 13.2 Å². The van der Waals surface area contributed by atoms with Gasteiger partial charge in [0.15, 0.2) is 0 Å². The first-order chi connectivity index (χ1) is 9.82. The van der Waals surface area contributed by atoms with E-state index in [1.807, 2.05) is 19.0 Å². The summed E-state index contributed by atoms with van der Waals surface area (Å²) in [6, 6.07) is 5.68. The van der Waals surface area contributed by atoms with E-state index in [-0.39, 0.29) is 11.6 Å². The van der Waals surface area contributed by atoms with Crippen LogP contribution in [-0.2, 0) is 6.18 Å². The molecule has 6 heteroatoms. The molecule has 0 aliphatic carbocycles. The molecule has 1 aliphatic heterocycles. The predicted molar refractivity (Wildman–Crippen MR) is 75.1 cm³/mol. The summed E-state index contributed by atoms with van der Waals surface area (Å²) in [5.74, 6) is 0. The van der Waals surface area contributed by atoms with Crippen LogP contribution in [0.1, 0.15) is 24.0 Å². The lowest BCUT2D eigenvalue weighted by Gasteiger charge is -2.37. The van der Waals surface area contributed by atoms with Crippen molar-refractivity contribution in [3.8, 4) is 6.07 Å². The van der Waals surface area contributed by atoms with E-state index in [4.69, 9.17) is 5.26 Å². The fourth-order valence-electron chi connectivity index (χ4n) is 2.76. The van der Waals surface area contributed by atoms with Crippen molar-refractivity contribution in [1.29, 1.82) is 5.26 Å². The van der Waals surface area contributed by atoms with Crippen LogP contribution in [0.15, 0.2) is 18.2 Å². The van der Waals surface area contributed by atoms with Crippen molar-refractivity contribution in [2.24, 2.45) is 0 Å². The molecule has 2 rings (SSSR count). The van der Waals surface area contributed by atoms with Crippen molar-refractivity contribution >= 4 is 5.69 Å². The predicted octanol–water partition coefficient (Wildman–Crippen LogP) is 3.11. The summed E-state index contributed by atoms with van der Waals surface area (Å²) >= 11 is 0. The lowest BCUT2D eigenvalue weighted by Crippen LogP contribution is -2.45. The average molecular weight is 297 g/mol. The van der Waals surface area contributed by atoms with Crippen LogP contribution in [0.3, 0.4) is 0 Å². The number of anilines is 1. The molecule has 1 aromatic carbocycles. The minimum atomic E-state index is -4.49. The summed E-state index contributed by atoms with van der Waals surface area (Å²) < 4.78 is 38.4. The van der Waals surface area contributed by atoms with Gasteiger partial charge in [0.25, 0.3) is 0 Å². The molecule has 0 N–H and O–H groups in total. The number of likely N-dealkylation sites (N-methyl/N-ethyl adjacent to an activating group) is 2. The fourth-order valence-corrected chi connectivity index (χ4v) is 2.76. The van der Waals surface area contributed by atoms with E-state index in [2.05, 4.69) is 4.90 Å². The smallest absolute Gasteiger partial charge is 0.370 e. The second-order valence-corrected chi connectivity index (χ2v) is 5.51. The number of piperidine rings is 1. The average Bonchev–Trinajstić information content (AvgIpc) is 2.44. The molecule has 1 atom stereocenters. The van der Waals surface area contributed by atoms with Crippen LogP contribution in [-0.4, -0.2) is 38.1 Å². The molecule has 1 fully saturated rings. The highest BCUT2D eigenvalue weighted by molar-refractivity contribution is 5.55. The zero-order chi connectivity index (χ0) is 15.6. The van der Waals surface area contributed by atoms with Gasteiger partial charge in [-0.05, 0) is 44.6 Å². The maximum Gasteiger partial charge on any atom is 0.417 e. The molecule has 114 valence electrons. The largest absolute Gasteiger partial charge is 0.417 e. The fraction of sp³-hybridized carbons (Fsp3) is 0.533. The second-order valence-electron chi connectivity index (χ2n) is 5.51. The van der Waals surface area contributed by atoms with E-state index in [0.29, 0.717) is 5.69 Å². The number of halogens is 3. The lowest BCUT2D eigenvalue weighted by molar-refractivity contribution is -0.137. The third-order valence-electron chi connectivity index (χ3n) is 3.98. The molecule has 1 saturated heterocycles. The number of hydrogen-bond donors (Lipinski definition) is 0. The molecule has 1 unspecified atom stereocenters. The molecule has 1 aromatic rings. The first-order valence-electron chi connectivity index (χ1n) is 6.85. The van der Waals surface area contributed by atoms with Crippen molar-refractivity contribution in [2.75, 3.05) is 32.1 Å². The molecule has 0 amide bonds. The van der Waals surface area contributed by atoms with E-state index >= 15 is 0 Å². The van der Waals surface area contributed by atoms with Gasteiger partial charge in [0.2, 0.25) is 0 Å². The lowest BCUT2D eigenvalue weighted by atomic mass is 10.0. The summed E-state index contributed by atoms with van der Waals surface area (Å²) in [4.78, 5) is 4.18. The molecular weight excluding hydrogens is 279 g/mol. The Bertz CT molecular complexity index is 548. The normalized spacial score (nSPS) is 20.1. The molecule has 0 radical (unpaired) electrons. The Balaban J connectivity index is 2.26. The summed E-state index contributed by atoms with van der Waals surface area (Å²) in [6.45, 7) is 1.92. The van der Waals surface area contributed by atoms with Crippen LogP contribution in [0.25, 0.3) is 0 Å². The minimum absolute atomic E-state index is 0.257. The van der Waals surface area contributed by atoms with Gasteiger partial charge in [0, 0.05) is 25.3 Å². The van der Waals surface area contributed by atoms with Crippen molar-refractivity contribution in [3.63, 3.8) is 0 Å². The Hall–Kier alpha value is -1.74. The van der Waals surface area contributed by atoms with Crippen LogP contribution in [0.4, 0.5) is 18.9 Å². The molecule has 0 saturated carbocycles. The molecule has 21 heavy (non-hydrogen) atoms. The Kier molecular flexibility index (Phi) is 4.43. The zero-order valence-corrected chi connectivity index (χ0v) is 12.1. The van der Waals surface area contributed by atoms with Gasteiger partial charge in [-0.3, -0.25) is 0 Å². The summed E-state index contributed by atoms with van der Waals surface area (Å²) in [5.41, 5.74) is -0.543. The monoisotopic (exact) mass is 297 g/mol. The maximum absolute atomic E-state index is 12.8. The Morgan fingerprint density at radius 3 is 2.67 bits per heavy atom. The SMILES string of the molecule is CN1CCCC(N(C)c2ccc(C(F)(F)F)c(C#N)c2)C1. The van der Waals surface area contributed by atoms with Crippen molar-refractivity contribution in [3.05, 3.63) is 29.3 Å². The molecule has 1 aliphatic rings. The first kappa shape index (κ1) is 15.6. The number of nitriles is 1. The van der Waals surface area contributed by atoms with Gasteiger partial charge in [-0.25, -0.2) is 0 Å². The van der Waals surface area contributed by atoms with E-state index in [1.165, 1.54) is 12.1 Å². The van der Waals surface area contributed by atoms with Crippen LogP contribution in [0, 0.1) is 11.3 Å². The zero-order valence-electron chi connectivity index (χ0n) is 12.1. The maximum atomic E-state index is 12.8. The summed E-state index contributed by atoms with van der Waals surface area (Å²) in [6.07, 6.45) is -2.42. The van der Waals surface area contributed by atoms with Crippen molar-refractivity contribution in [1.82, 2.24) is 4.90 Å². The van der Waals surface area contributed by atoms with Gasteiger partial charge in [-0.2, -0.15) is 18.4 Å². The van der Waals surface area contributed by atoms with E-state index in [1.54, 1.807) is 6.07 Å². The molecule has 3 nitrogen and oxygen atoms in total. The van der Waals surface area contributed by atoms with Gasteiger partial charge >= 0.3 is 6.18 Å². The number of alkyl halides is 3. The number of rotatable bonds is 2. The first-order valence-corrected chi connectivity index (χ1v) is 6.85. The van der Waals surface area contributed by atoms with E-state index in [0.717, 1.165) is 32.0 Å². The second kappa shape index (κ2) is 5.94. The van der Waals surface area contributed by atoms with Gasteiger partial charge in [0.1, 0.15) is 0 Å². The highest BCUT2D eigenvalue weighted by atomic mass is 19.4. The summed E-state index contributed by atoms with van der Waals surface area (Å²) in [7, 11) is 3.90. The van der Waals surface area contributed by atoms with Gasteiger partial charge in [0.05, 0.1) is 17.2 Å². The number of nitrogens with zero attached hydrogens (tertiary/aromatic N) is 3. The van der Waals surface area contributed by atoms with Gasteiger partial charge < -0.3 is 9.80 Å². The Morgan fingerprint density at radius 1 is 1.38 bits per heavy atom. The van der Waals surface area contributed by atoms with Crippen LogP contribution < -0.4 is 4.90 Å². The third-order valence-corrected chi connectivity index (χ3v) is 3.98. The molecular formula is C15H18F3N3. The number of hydrogen-bond acceptors (Lipinski definition) is 3. The van der Waals surface area contributed by atoms with Crippen LogP contribution >= 0.6 is 0 Å². The van der Waals surface area contributed by atoms with Gasteiger partial charge in [-0.15, -0.1) is 0 Å². The molecule has 0 bridgehead atoms. The van der Waals surface area contributed by atoms with E-state index < -0.39 is 11.7 Å². The van der Waals surface area contributed by atoms with Crippen LogP contribution in [0.2, 0.25) is 0 Å². The summed E-state index contributed by atoms with van der Waals surface area (Å²) in [5, 5.41) is 8.96. The Morgan fingerprint density at radius 2 is 2.10 bits per heavy atom. The van der Waals surface area contributed by atoms with Crippen molar-refractivity contribution in [2.45, 2.75) is 25.1 Å². The minimum Gasteiger partial charge on any atom is -0.370 e. The topological polar surface area (TPSA) is 30.3 Å². The third kappa shape index (κ3) is 3.48. The van der Waals surface area contributed by atoms with E-state index in [9.17, 15) is 13.2 Å². The molecule has 1 heterocycles. The highest BCUT2D eigenvalue weighted by Gasteiger charge is 2.34. The van der Waals surface area contributed by atoms with Crippen LogP contribution in [0.5, 0.6) is 0 Å². The van der Waals surface area contributed by atoms with Gasteiger partial charge in [-0.1, -0.05) is 0 Å². The standard InChI is InChI=1S/C15H18F3N3/c1-20-7-3-4-13(10-20)21(2)12-5-6-14(15(16,17)18)11(8-12)9-19/h5-6,8,13H,3-4,7,10H2,1-2H3. The highest BCUT2D eigenvalue weighted by Crippen LogP contribution is 2.34.